The van der Waals surface area contributed by atoms with Crippen LogP contribution in [-0.4, -0.2) is 25.7 Å². The number of nitrogens with zero attached hydrogens (tertiary/aromatic N) is 4. The van der Waals surface area contributed by atoms with Gasteiger partial charge in [-0.15, -0.1) is 0 Å². The Morgan fingerprint density at radius 2 is 1.85 bits per heavy atom. The number of carbonyl (C=O) groups excluding carboxylic acids is 1. The second kappa shape index (κ2) is 7.85. The number of aromatic nitrogens is 4. The van der Waals surface area contributed by atoms with Crippen molar-refractivity contribution in [2.45, 2.75) is 37.7 Å². The highest BCUT2D eigenvalue weighted by atomic mass is 19.4. The molecule has 1 N–H and O–H groups in total. The van der Waals surface area contributed by atoms with Crippen LogP contribution in [0.2, 0.25) is 0 Å². The number of rotatable bonds is 3. The topological polar surface area (TPSA) is 85.8 Å². The molecule has 3 aromatic rings. The van der Waals surface area contributed by atoms with E-state index in [1.807, 2.05) is 0 Å². The number of oxazole rings is 1. The quantitative estimate of drug-likeness (QED) is 0.564. The summed E-state index contributed by atoms with van der Waals surface area (Å²) in [6.45, 7) is 0. The third-order valence-corrected chi connectivity index (χ3v) is 5.03. The molecule has 0 aromatic carbocycles. The fourth-order valence-electron chi connectivity index (χ4n) is 3.48. The predicted octanol–water partition coefficient (Wildman–Crippen LogP) is 4.45. The fraction of sp³-hybridized carbons (Fsp3) is 0.368. The molecular weight excluding hydrogens is 463 g/mol. The van der Waals surface area contributed by atoms with E-state index in [4.69, 9.17) is 4.42 Å². The fourth-order valence-corrected chi connectivity index (χ4v) is 3.48. The van der Waals surface area contributed by atoms with Gasteiger partial charge in [-0.1, -0.05) is 0 Å². The molecule has 0 unspecified atom stereocenters. The van der Waals surface area contributed by atoms with Crippen LogP contribution in [0.4, 0.5) is 30.7 Å². The molecule has 0 saturated heterocycles. The SMILES string of the molecule is Cn1nc(C(F)(F)F)cc1C(=O)N[C@H]1CCCc2nc(-c3cc(C(F)(F)F)ncc3F)oc21. The van der Waals surface area contributed by atoms with Crippen molar-refractivity contribution in [1.29, 1.82) is 0 Å². The van der Waals surface area contributed by atoms with Crippen LogP contribution in [0.15, 0.2) is 22.7 Å². The van der Waals surface area contributed by atoms with Crippen LogP contribution in [0.25, 0.3) is 11.5 Å². The first-order valence-corrected chi connectivity index (χ1v) is 9.49. The maximum absolute atomic E-state index is 14.2. The van der Waals surface area contributed by atoms with Crippen LogP contribution >= 0.6 is 0 Å². The smallest absolute Gasteiger partial charge is 0.435 e. The van der Waals surface area contributed by atoms with E-state index in [0.29, 0.717) is 43.3 Å². The van der Waals surface area contributed by atoms with Gasteiger partial charge in [-0.2, -0.15) is 31.4 Å². The molecule has 4 rings (SSSR count). The number of hydrogen-bond donors (Lipinski definition) is 1. The van der Waals surface area contributed by atoms with Crippen LogP contribution in [0, 0.1) is 5.82 Å². The van der Waals surface area contributed by atoms with E-state index in [9.17, 15) is 35.5 Å². The van der Waals surface area contributed by atoms with Crippen LogP contribution in [0.3, 0.4) is 0 Å². The Bertz CT molecular complexity index is 1210. The van der Waals surface area contributed by atoms with Gasteiger partial charge in [0.05, 0.1) is 23.5 Å². The largest absolute Gasteiger partial charge is 0.439 e. The van der Waals surface area contributed by atoms with Gasteiger partial charge in [0.2, 0.25) is 5.89 Å². The van der Waals surface area contributed by atoms with Gasteiger partial charge in [-0.25, -0.2) is 14.4 Å². The average Bonchev–Trinajstić information content (AvgIpc) is 3.31. The summed E-state index contributed by atoms with van der Waals surface area (Å²) in [5.41, 5.74) is -3.19. The van der Waals surface area contributed by atoms with E-state index in [1.165, 1.54) is 7.05 Å². The number of hydrogen-bond acceptors (Lipinski definition) is 5. The summed E-state index contributed by atoms with van der Waals surface area (Å²) in [5.74, 6) is -2.29. The molecule has 0 bridgehead atoms. The Labute approximate surface area is 180 Å². The zero-order chi connectivity index (χ0) is 24.1. The predicted molar refractivity (Wildman–Crippen MR) is 96.0 cm³/mol. The van der Waals surface area contributed by atoms with Gasteiger partial charge in [0.25, 0.3) is 5.91 Å². The number of amides is 1. The first-order chi connectivity index (χ1) is 15.3. The number of nitrogens with one attached hydrogen (secondary N) is 1. The van der Waals surface area contributed by atoms with Crippen LogP contribution in [-0.2, 0) is 25.8 Å². The van der Waals surface area contributed by atoms with E-state index in [-0.39, 0.29) is 11.5 Å². The molecule has 176 valence electrons. The standard InChI is InChI=1S/C19H14F7N5O2/c1-31-12(6-14(30-31)19(24,25)26)16(32)28-10-3-2-4-11-15(10)33-17(29-11)8-5-13(18(21,22)23)27-7-9(8)20/h5-7,10H,2-4H2,1H3,(H,28,32)/t10-/m0/s1. The van der Waals surface area contributed by atoms with E-state index in [1.54, 1.807) is 0 Å². The number of alkyl halides is 6. The number of halogens is 7. The molecule has 0 saturated carbocycles. The molecule has 1 aliphatic carbocycles. The summed E-state index contributed by atoms with van der Waals surface area (Å²) in [6.07, 6.45) is -7.98. The van der Waals surface area contributed by atoms with Crippen molar-refractivity contribution < 1.29 is 39.9 Å². The zero-order valence-electron chi connectivity index (χ0n) is 16.7. The van der Waals surface area contributed by atoms with Crippen LogP contribution in [0.5, 0.6) is 0 Å². The third-order valence-electron chi connectivity index (χ3n) is 5.03. The van der Waals surface area contributed by atoms with Gasteiger partial charge in [0, 0.05) is 13.1 Å². The molecule has 1 aliphatic rings. The summed E-state index contributed by atoms with van der Waals surface area (Å²) >= 11 is 0. The normalized spacial score (nSPS) is 16.5. The van der Waals surface area contributed by atoms with Gasteiger partial charge < -0.3 is 9.73 Å². The Morgan fingerprint density at radius 3 is 2.48 bits per heavy atom. The molecule has 33 heavy (non-hydrogen) atoms. The Balaban J connectivity index is 1.63. The molecule has 1 amide bonds. The molecule has 0 radical (unpaired) electrons. The zero-order valence-corrected chi connectivity index (χ0v) is 16.7. The highest BCUT2D eigenvalue weighted by Gasteiger charge is 2.37. The lowest BCUT2D eigenvalue weighted by Gasteiger charge is -2.21. The number of pyridine rings is 1. The Kier molecular flexibility index (Phi) is 5.41. The van der Waals surface area contributed by atoms with Crippen molar-refractivity contribution in [2.75, 3.05) is 0 Å². The van der Waals surface area contributed by atoms with Gasteiger partial charge in [-0.3, -0.25) is 9.48 Å². The molecular formula is C19H14F7N5O2. The maximum atomic E-state index is 14.2. The molecule has 14 heteroatoms. The van der Waals surface area contributed by atoms with Crippen molar-refractivity contribution in [3.8, 4) is 11.5 Å². The summed E-state index contributed by atoms with van der Waals surface area (Å²) < 4.78 is 97.9. The van der Waals surface area contributed by atoms with Crippen molar-refractivity contribution in [2.24, 2.45) is 7.05 Å². The average molecular weight is 477 g/mol. The minimum atomic E-state index is -4.82. The molecule has 0 aliphatic heterocycles. The molecule has 3 heterocycles. The van der Waals surface area contributed by atoms with Crippen molar-refractivity contribution >= 4 is 5.91 Å². The van der Waals surface area contributed by atoms with E-state index < -0.39 is 53.0 Å². The van der Waals surface area contributed by atoms with Crippen LogP contribution in [0.1, 0.15) is 52.2 Å². The minimum Gasteiger partial charge on any atom is -0.439 e. The van der Waals surface area contributed by atoms with Gasteiger partial charge in [0.15, 0.2) is 11.5 Å². The highest BCUT2D eigenvalue weighted by Crippen LogP contribution is 2.36. The monoisotopic (exact) mass is 477 g/mol. The van der Waals surface area contributed by atoms with Gasteiger partial charge >= 0.3 is 12.4 Å². The lowest BCUT2D eigenvalue weighted by atomic mass is 9.97. The minimum absolute atomic E-state index is 0.0904. The number of aryl methyl sites for hydroxylation is 2. The Hall–Kier alpha value is -3.45. The van der Waals surface area contributed by atoms with Gasteiger partial charge in [0.1, 0.15) is 17.1 Å². The van der Waals surface area contributed by atoms with Crippen molar-refractivity contribution in [1.82, 2.24) is 25.1 Å². The van der Waals surface area contributed by atoms with E-state index in [0.717, 1.165) is 4.68 Å². The van der Waals surface area contributed by atoms with E-state index in [2.05, 4.69) is 20.4 Å². The molecule has 0 fully saturated rings. The highest BCUT2D eigenvalue weighted by molar-refractivity contribution is 5.93. The second-order valence-electron chi connectivity index (χ2n) is 7.33. The lowest BCUT2D eigenvalue weighted by molar-refractivity contribution is -0.142. The first kappa shape index (κ1) is 22.7. The van der Waals surface area contributed by atoms with Crippen LogP contribution < -0.4 is 5.32 Å². The van der Waals surface area contributed by atoms with Gasteiger partial charge in [-0.05, 0) is 25.3 Å². The molecule has 1 atom stereocenters. The number of carbonyl (C=O) groups is 1. The summed E-state index contributed by atoms with van der Waals surface area (Å²) in [6, 6.07) is 0.225. The lowest BCUT2D eigenvalue weighted by Crippen LogP contribution is -2.31. The maximum Gasteiger partial charge on any atom is 0.435 e. The third kappa shape index (κ3) is 4.41. The van der Waals surface area contributed by atoms with Crippen molar-refractivity contribution in [3.63, 3.8) is 0 Å². The molecule has 0 spiro atoms. The summed E-state index contributed by atoms with van der Waals surface area (Å²) in [5, 5.41) is 5.80. The molecule has 7 nitrogen and oxygen atoms in total. The number of fused-ring (bicyclic) bond motifs is 1. The Morgan fingerprint density at radius 1 is 1.15 bits per heavy atom. The first-order valence-electron chi connectivity index (χ1n) is 9.49. The van der Waals surface area contributed by atoms with Crippen molar-refractivity contribution in [3.05, 3.63) is 52.7 Å². The molecule has 3 aromatic heterocycles. The summed E-state index contributed by atoms with van der Waals surface area (Å²) in [7, 11) is 1.17. The van der Waals surface area contributed by atoms with E-state index >= 15 is 0 Å². The second-order valence-corrected chi connectivity index (χ2v) is 7.33. The summed E-state index contributed by atoms with van der Waals surface area (Å²) in [4.78, 5) is 19.7.